The molecule has 0 aliphatic heterocycles. The second-order valence-electron chi connectivity index (χ2n) is 2.92. The molecule has 1 aromatic rings. The van der Waals surface area contributed by atoms with Crippen LogP contribution in [-0.2, 0) is 0 Å². The van der Waals surface area contributed by atoms with Crippen molar-refractivity contribution in [2.75, 3.05) is 11.5 Å². The Bertz CT molecular complexity index is 305. The Hall–Kier alpha value is -0.890. The summed E-state index contributed by atoms with van der Waals surface area (Å²) in [5.74, 6) is 0.990. The Kier molecular flexibility index (Phi) is 3.90. The van der Waals surface area contributed by atoms with Crippen LogP contribution in [0.2, 0.25) is 0 Å². The SMILES string of the molecule is CC=CCSc1cc(C)ccc1N. The molecule has 0 spiro atoms. The summed E-state index contributed by atoms with van der Waals surface area (Å²) in [5, 5.41) is 0. The van der Waals surface area contributed by atoms with Gasteiger partial charge in [-0.05, 0) is 31.5 Å². The predicted octanol–water partition coefficient (Wildman–Crippen LogP) is 3.25. The molecular formula is C11H15NS. The van der Waals surface area contributed by atoms with Crippen LogP contribution in [0.4, 0.5) is 5.69 Å². The zero-order chi connectivity index (χ0) is 9.68. The maximum absolute atomic E-state index is 5.83. The Morgan fingerprint density at radius 1 is 1.46 bits per heavy atom. The topological polar surface area (TPSA) is 26.0 Å². The van der Waals surface area contributed by atoms with Crippen LogP contribution in [0, 0.1) is 6.92 Å². The molecule has 70 valence electrons. The van der Waals surface area contributed by atoms with E-state index in [1.165, 1.54) is 10.5 Å². The van der Waals surface area contributed by atoms with Crippen molar-refractivity contribution in [1.82, 2.24) is 0 Å². The smallest absolute Gasteiger partial charge is 0.0452 e. The van der Waals surface area contributed by atoms with E-state index < -0.39 is 0 Å². The zero-order valence-electron chi connectivity index (χ0n) is 8.08. The maximum Gasteiger partial charge on any atom is 0.0452 e. The normalized spacial score (nSPS) is 10.9. The summed E-state index contributed by atoms with van der Waals surface area (Å²) in [6, 6.07) is 6.13. The number of aryl methyl sites for hydroxylation is 1. The van der Waals surface area contributed by atoms with Gasteiger partial charge in [-0.1, -0.05) is 18.2 Å². The number of nitrogens with two attached hydrogens (primary N) is 1. The fraction of sp³-hybridized carbons (Fsp3) is 0.273. The third-order valence-electron chi connectivity index (χ3n) is 1.74. The predicted molar refractivity (Wildman–Crippen MR) is 61.1 cm³/mol. The first kappa shape index (κ1) is 10.2. The van der Waals surface area contributed by atoms with Crippen molar-refractivity contribution in [1.29, 1.82) is 0 Å². The lowest BCUT2D eigenvalue weighted by molar-refractivity contribution is 1.36. The van der Waals surface area contributed by atoms with Gasteiger partial charge in [0.2, 0.25) is 0 Å². The van der Waals surface area contributed by atoms with Crippen molar-refractivity contribution in [2.24, 2.45) is 0 Å². The van der Waals surface area contributed by atoms with Crippen molar-refractivity contribution >= 4 is 17.4 Å². The summed E-state index contributed by atoms with van der Waals surface area (Å²) in [5.41, 5.74) is 7.96. The van der Waals surface area contributed by atoms with E-state index in [1.54, 1.807) is 11.8 Å². The first-order valence-electron chi connectivity index (χ1n) is 4.34. The number of allylic oxidation sites excluding steroid dienone is 1. The number of hydrogen-bond donors (Lipinski definition) is 1. The molecule has 0 aromatic heterocycles. The summed E-state index contributed by atoms with van der Waals surface area (Å²) in [6.45, 7) is 4.11. The van der Waals surface area contributed by atoms with Crippen LogP contribution >= 0.6 is 11.8 Å². The van der Waals surface area contributed by atoms with Gasteiger partial charge >= 0.3 is 0 Å². The van der Waals surface area contributed by atoms with E-state index in [0.29, 0.717) is 0 Å². The average Bonchev–Trinajstić information content (AvgIpc) is 2.11. The van der Waals surface area contributed by atoms with Gasteiger partial charge in [0.1, 0.15) is 0 Å². The number of rotatable bonds is 3. The van der Waals surface area contributed by atoms with E-state index in [9.17, 15) is 0 Å². The molecule has 0 bridgehead atoms. The summed E-state index contributed by atoms with van der Waals surface area (Å²) < 4.78 is 0. The van der Waals surface area contributed by atoms with E-state index in [4.69, 9.17) is 5.73 Å². The minimum absolute atomic E-state index is 0.875. The van der Waals surface area contributed by atoms with Crippen LogP contribution in [-0.4, -0.2) is 5.75 Å². The summed E-state index contributed by atoms with van der Waals surface area (Å²) >= 11 is 1.77. The third-order valence-corrected chi connectivity index (χ3v) is 2.76. The van der Waals surface area contributed by atoms with E-state index in [2.05, 4.69) is 25.1 Å². The van der Waals surface area contributed by atoms with Gasteiger partial charge in [-0.15, -0.1) is 11.8 Å². The highest BCUT2D eigenvalue weighted by molar-refractivity contribution is 7.99. The number of benzene rings is 1. The lowest BCUT2D eigenvalue weighted by Crippen LogP contribution is -1.89. The fourth-order valence-electron chi connectivity index (χ4n) is 1.00. The van der Waals surface area contributed by atoms with Crippen LogP contribution < -0.4 is 5.73 Å². The first-order chi connectivity index (χ1) is 6.24. The molecule has 13 heavy (non-hydrogen) atoms. The van der Waals surface area contributed by atoms with Gasteiger partial charge < -0.3 is 5.73 Å². The van der Waals surface area contributed by atoms with E-state index >= 15 is 0 Å². The van der Waals surface area contributed by atoms with Crippen molar-refractivity contribution in [3.05, 3.63) is 35.9 Å². The molecular weight excluding hydrogens is 178 g/mol. The van der Waals surface area contributed by atoms with Crippen molar-refractivity contribution in [2.45, 2.75) is 18.7 Å². The number of thioether (sulfide) groups is 1. The molecule has 1 nitrogen and oxygen atoms in total. The fourth-order valence-corrected chi connectivity index (χ4v) is 1.97. The molecule has 0 atom stereocenters. The summed E-state index contributed by atoms with van der Waals surface area (Å²) in [6.07, 6.45) is 4.19. The molecule has 0 radical (unpaired) electrons. The van der Waals surface area contributed by atoms with Gasteiger partial charge in [-0.25, -0.2) is 0 Å². The molecule has 1 aromatic carbocycles. The minimum Gasteiger partial charge on any atom is -0.398 e. The largest absolute Gasteiger partial charge is 0.398 e. The van der Waals surface area contributed by atoms with Crippen LogP contribution in [0.5, 0.6) is 0 Å². The lowest BCUT2D eigenvalue weighted by Gasteiger charge is -2.04. The van der Waals surface area contributed by atoms with Crippen LogP contribution in [0.1, 0.15) is 12.5 Å². The molecule has 0 aliphatic carbocycles. The van der Waals surface area contributed by atoms with E-state index in [-0.39, 0.29) is 0 Å². The Labute approximate surface area is 84.0 Å². The maximum atomic E-state index is 5.83. The standard InChI is InChI=1S/C11H15NS/c1-3-4-7-13-11-8-9(2)5-6-10(11)12/h3-6,8H,7,12H2,1-2H3. The van der Waals surface area contributed by atoms with E-state index in [1.807, 2.05) is 19.1 Å². The first-order valence-corrected chi connectivity index (χ1v) is 5.32. The molecule has 0 amide bonds. The Morgan fingerprint density at radius 2 is 2.23 bits per heavy atom. The van der Waals surface area contributed by atoms with Crippen LogP contribution in [0.15, 0.2) is 35.2 Å². The van der Waals surface area contributed by atoms with Crippen molar-refractivity contribution in [3.8, 4) is 0 Å². The number of anilines is 1. The molecule has 0 unspecified atom stereocenters. The van der Waals surface area contributed by atoms with Crippen molar-refractivity contribution in [3.63, 3.8) is 0 Å². The lowest BCUT2D eigenvalue weighted by atomic mass is 10.2. The Balaban J connectivity index is 2.69. The van der Waals surface area contributed by atoms with E-state index in [0.717, 1.165) is 11.4 Å². The molecule has 2 N–H and O–H groups in total. The minimum atomic E-state index is 0.875. The average molecular weight is 193 g/mol. The number of hydrogen-bond acceptors (Lipinski definition) is 2. The van der Waals surface area contributed by atoms with Gasteiger partial charge in [0, 0.05) is 16.3 Å². The summed E-state index contributed by atoms with van der Waals surface area (Å²) in [7, 11) is 0. The van der Waals surface area contributed by atoms with Gasteiger partial charge in [-0.3, -0.25) is 0 Å². The molecule has 0 fully saturated rings. The molecule has 0 aliphatic rings. The highest BCUT2D eigenvalue weighted by Gasteiger charge is 1.97. The second-order valence-corrected chi connectivity index (χ2v) is 3.98. The highest BCUT2D eigenvalue weighted by Crippen LogP contribution is 2.25. The monoisotopic (exact) mass is 193 g/mol. The highest BCUT2D eigenvalue weighted by atomic mass is 32.2. The van der Waals surface area contributed by atoms with Gasteiger partial charge in [-0.2, -0.15) is 0 Å². The van der Waals surface area contributed by atoms with Gasteiger partial charge in [0.25, 0.3) is 0 Å². The Morgan fingerprint density at radius 3 is 2.92 bits per heavy atom. The van der Waals surface area contributed by atoms with Crippen molar-refractivity contribution < 1.29 is 0 Å². The zero-order valence-corrected chi connectivity index (χ0v) is 8.90. The molecule has 0 heterocycles. The second kappa shape index (κ2) is 4.97. The molecule has 2 heteroatoms. The molecule has 0 saturated heterocycles. The van der Waals surface area contributed by atoms with Gasteiger partial charge in [0.05, 0.1) is 0 Å². The summed E-state index contributed by atoms with van der Waals surface area (Å²) in [4.78, 5) is 1.18. The molecule has 0 saturated carbocycles. The number of nitrogen functional groups attached to an aromatic ring is 1. The molecule has 1 rings (SSSR count). The van der Waals surface area contributed by atoms with Gasteiger partial charge in [0.15, 0.2) is 0 Å². The van der Waals surface area contributed by atoms with Crippen LogP contribution in [0.25, 0.3) is 0 Å². The third kappa shape index (κ3) is 3.15. The quantitative estimate of drug-likeness (QED) is 0.453. The van der Waals surface area contributed by atoms with Crippen LogP contribution in [0.3, 0.4) is 0 Å².